The van der Waals surface area contributed by atoms with E-state index < -0.39 is 146 Å². The Morgan fingerprint density at radius 3 is 1.72 bits per heavy atom. The summed E-state index contributed by atoms with van der Waals surface area (Å²) in [6, 6.07) is -0.882. The smallest absolute Gasteiger partial charge is 0.408 e. The minimum atomic E-state index is -1.85. The summed E-state index contributed by atoms with van der Waals surface area (Å²) in [6.45, 7) is 11.5. The Labute approximate surface area is 438 Å². The lowest BCUT2D eigenvalue weighted by Crippen LogP contribution is -2.67. The summed E-state index contributed by atoms with van der Waals surface area (Å²) >= 11 is 4.13. The Morgan fingerprint density at radius 2 is 1.17 bits per heavy atom. The normalized spacial score (nSPS) is 23.7. The largest absolute Gasteiger partial charge is 0.464 e. The maximum atomic E-state index is 12.8. The van der Waals surface area contributed by atoms with Gasteiger partial charge < -0.3 is 72.2 Å². The number of hydrogen-bond acceptors (Lipinski definition) is 26. The molecule has 11 atom stereocenters. The van der Waals surface area contributed by atoms with E-state index in [4.69, 9.17) is 61.6 Å². The van der Waals surface area contributed by atoms with Crippen LogP contribution < -0.4 is 10.6 Å². The summed E-state index contributed by atoms with van der Waals surface area (Å²) in [7, 11) is 0. The molecule has 1 aromatic rings. The highest BCUT2D eigenvalue weighted by molar-refractivity contribution is 7.80. The van der Waals surface area contributed by atoms with Gasteiger partial charge in [0.25, 0.3) is 0 Å². The highest BCUT2D eigenvalue weighted by Gasteiger charge is 2.57. The quantitative estimate of drug-likeness (QED) is 0.0467. The van der Waals surface area contributed by atoms with E-state index in [0.717, 1.165) is 48.5 Å². The Bertz CT molecular complexity index is 2120. The first-order valence-electron chi connectivity index (χ1n) is 23.9. The molecule has 0 radical (unpaired) electrons. The number of aromatic nitrogens is 3. The van der Waals surface area contributed by atoms with Gasteiger partial charge in [-0.3, -0.25) is 43.2 Å². The SMILES string of the molecule is CC(=O)OC[C@H]1O[C@@H](O[C@H]2[C@H](OC(C)=O)[C@@H](OC(C)=O)[C@H](OCCc3cn(CCOC(=O)CCCCCNC(=O)[C@H](CS)NC(=O)OC(C)(C)C)nn3)O[C@@H]2COC(C)=O)[C@H](OC(C)=O)[C@@H](OC(C)=O)[C@@H]1OC(C)=O. The Balaban J connectivity index is 1.69. The van der Waals surface area contributed by atoms with E-state index in [1.54, 1.807) is 27.0 Å². The third-order valence-electron chi connectivity index (χ3n) is 10.2. The topological polar surface area (TPSA) is 345 Å². The molecule has 422 valence electrons. The number of unbranched alkanes of at least 4 members (excludes halogenated alkanes) is 2. The summed E-state index contributed by atoms with van der Waals surface area (Å²) in [5, 5.41) is 13.4. The van der Waals surface area contributed by atoms with Crippen LogP contribution in [0, 0.1) is 0 Å². The summed E-state index contributed by atoms with van der Waals surface area (Å²) in [4.78, 5) is 124. The molecular formula is C46H69N5O23S. The average Bonchev–Trinajstić information content (AvgIpc) is 3.74. The predicted molar refractivity (Wildman–Crippen MR) is 252 cm³/mol. The maximum Gasteiger partial charge on any atom is 0.408 e. The van der Waals surface area contributed by atoms with Gasteiger partial charge in [-0.25, -0.2) is 9.48 Å². The van der Waals surface area contributed by atoms with Crippen LogP contribution in [0.25, 0.3) is 0 Å². The van der Waals surface area contributed by atoms with Crippen molar-refractivity contribution in [1.82, 2.24) is 25.6 Å². The number of ether oxygens (including phenoxy) is 13. The summed E-state index contributed by atoms with van der Waals surface area (Å²) in [5.41, 5.74) is -0.317. The van der Waals surface area contributed by atoms with Crippen LogP contribution in [0.1, 0.15) is 101 Å². The van der Waals surface area contributed by atoms with E-state index in [-0.39, 0.29) is 38.4 Å². The molecule has 0 saturated carbocycles. The van der Waals surface area contributed by atoms with Crippen LogP contribution in [0.4, 0.5) is 4.79 Å². The third-order valence-corrected chi connectivity index (χ3v) is 10.6. The third kappa shape index (κ3) is 23.1. The molecule has 0 aromatic carbocycles. The molecule has 0 spiro atoms. The monoisotopic (exact) mass is 1090 g/mol. The molecule has 3 heterocycles. The summed E-state index contributed by atoms with van der Waals surface area (Å²) in [6.07, 6.45) is -13.5. The number of nitrogens with one attached hydrogen (secondary N) is 2. The van der Waals surface area contributed by atoms with Crippen LogP contribution in [0.5, 0.6) is 0 Å². The van der Waals surface area contributed by atoms with Gasteiger partial charge >= 0.3 is 53.8 Å². The van der Waals surface area contributed by atoms with Crippen molar-refractivity contribution in [2.45, 2.75) is 181 Å². The first kappa shape index (κ1) is 63.1. The minimum absolute atomic E-state index is 0.0218. The van der Waals surface area contributed by atoms with E-state index in [9.17, 15) is 47.9 Å². The van der Waals surface area contributed by atoms with Gasteiger partial charge in [-0.15, -0.1) is 5.10 Å². The van der Waals surface area contributed by atoms with Gasteiger partial charge in [-0.05, 0) is 33.6 Å². The second-order valence-electron chi connectivity index (χ2n) is 18.0. The number of thiol groups is 1. The van der Waals surface area contributed by atoms with E-state index in [1.807, 2.05) is 0 Å². The van der Waals surface area contributed by atoms with E-state index in [2.05, 4.69) is 33.6 Å². The van der Waals surface area contributed by atoms with E-state index in [0.29, 0.717) is 31.5 Å². The zero-order valence-electron chi connectivity index (χ0n) is 43.6. The van der Waals surface area contributed by atoms with Crippen molar-refractivity contribution in [3.05, 3.63) is 11.9 Å². The lowest BCUT2D eigenvalue weighted by Gasteiger charge is -2.48. The van der Waals surface area contributed by atoms with Crippen molar-refractivity contribution in [2.75, 3.05) is 38.7 Å². The van der Waals surface area contributed by atoms with Crippen LogP contribution >= 0.6 is 12.6 Å². The van der Waals surface area contributed by atoms with Crippen molar-refractivity contribution < 1.29 is 110 Å². The van der Waals surface area contributed by atoms with Gasteiger partial charge in [0.2, 0.25) is 5.91 Å². The fourth-order valence-corrected chi connectivity index (χ4v) is 7.58. The summed E-state index contributed by atoms with van der Waals surface area (Å²) < 4.78 is 74.9. The van der Waals surface area contributed by atoms with Crippen molar-refractivity contribution in [3.63, 3.8) is 0 Å². The number of alkyl carbamates (subject to hydrolysis) is 1. The standard InChI is InChI=1S/C46H69N5O23S/c1-24(52)64-21-33-36(66-26(3)54)38(67-27(4)55)41(70-30(7)58)44(72-33)73-37-34(22-65-25(2)53)71-43(40(69-29(6)57)39(37)68-28(5)56)63-18-15-31-20-51(50-49-31)17-19-62-35(59)14-12-11-13-16-47-42(60)32(23-75)48-45(61)74-46(8,9)10/h20,32-34,36-41,43-44,75H,11-19,21-23H2,1-10H3,(H,47,60)(H,48,61)/t32-,33+,34+,36+,37+,38-,39-,40+,41+,43+,44-/m0/s1. The minimum Gasteiger partial charge on any atom is -0.464 e. The molecule has 2 fully saturated rings. The molecular weight excluding hydrogens is 1020 g/mol. The van der Waals surface area contributed by atoms with Crippen LogP contribution in [0.3, 0.4) is 0 Å². The van der Waals surface area contributed by atoms with Crippen LogP contribution in [-0.4, -0.2) is 187 Å². The van der Waals surface area contributed by atoms with Crippen molar-refractivity contribution in [2.24, 2.45) is 0 Å². The Morgan fingerprint density at radius 1 is 0.653 bits per heavy atom. The van der Waals surface area contributed by atoms with Crippen molar-refractivity contribution in [1.29, 1.82) is 0 Å². The zero-order chi connectivity index (χ0) is 56.0. The van der Waals surface area contributed by atoms with Crippen molar-refractivity contribution in [3.8, 4) is 0 Å². The Kier molecular flexibility index (Phi) is 26.1. The van der Waals surface area contributed by atoms with Crippen LogP contribution in [0.2, 0.25) is 0 Å². The van der Waals surface area contributed by atoms with E-state index in [1.165, 1.54) is 4.68 Å². The fraction of sp³-hybridized carbons (Fsp3) is 0.739. The number of carbonyl (C=O) groups excluding carboxylic acids is 10. The molecule has 0 unspecified atom stereocenters. The number of amides is 2. The summed E-state index contributed by atoms with van der Waals surface area (Å²) in [5.74, 6) is -6.91. The molecule has 2 aliphatic rings. The first-order valence-corrected chi connectivity index (χ1v) is 24.5. The fourth-order valence-electron chi connectivity index (χ4n) is 7.32. The van der Waals surface area contributed by atoms with Gasteiger partial charge in [0.1, 0.15) is 49.8 Å². The van der Waals surface area contributed by atoms with Crippen LogP contribution in [-0.2, 0) is 118 Å². The van der Waals surface area contributed by atoms with Gasteiger partial charge in [-0.1, -0.05) is 11.6 Å². The number of hydrogen-bond donors (Lipinski definition) is 3. The van der Waals surface area contributed by atoms with Crippen molar-refractivity contribution >= 4 is 72.4 Å². The lowest BCUT2D eigenvalue weighted by molar-refractivity contribution is -0.361. The molecule has 0 bridgehead atoms. The molecule has 29 heteroatoms. The first-order chi connectivity index (χ1) is 35.3. The number of rotatable bonds is 27. The number of carbonyl (C=O) groups is 10. The zero-order valence-corrected chi connectivity index (χ0v) is 44.5. The number of esters is 8. The highest BCUT2D eigenvalue weighted by atomic mass is 32.1. The van der Waals surface area contributed by atoms with Crippen LogP contribution in [0.15, 0.2) is 6.20 Å². The predicted octanol–water partition coefficient (Wildman–Crippen LogP) is 0.500. The molecule has 2 aliphatic heterocycles. The number of nitrogens with zero attached hydrogens (tertiary/aromatic N) is 3. The average molecular weight is 1090 g/mol. The molecule has 0 aliphatic carbocycles. The molecule has 75 heavy (non-hydrogen) atoms. The molecule has 2 N–H and O–H groups in total. The van der Waals surface area contributed by atoms with Gasteiger partial charge in [0.15, 0.2) is 43.1 Å². The molecule has 1 aromatic heterocycles. The molecule has 2 saturated heterocycles. The van der Waals surface area contributed by atoms with Gasteiger partial charge in [-0.2, -0.15) is 12.6 Å². The van der Waals surface area contributed by atoms with Gasteiger partial charge in [0.05, 0.1) is 18.8 Å². The highest BCUT2D eigenvalue weighted by Crippen LogP contribution is 2.35. The maximum absolute atomic E-state index is 12.8. The Hall–Kier alpha value is -6.17. The second-order valence-corrected chi connectivity index (χ2v) is 18.3. The molecule has 3 rings (SSSR count). The molecule has 28 nitrogen and oxygen atoms in total. The van der Waals surface area contributed by atoms with Gasteiger partial charge in [0, 0.05) is 79.8 Å². The lowest BCUT2D eigenvalue weighted by atomic mass is 9.96. The second kappa shape index (κ2) is 31.0. The molecule has 2 amide bonds. The van der Waals surface area contributed by atoms with E-state index >= 15 is 0 Å².